The van der Waals surface area contributed by atoms with Crippen LogP contribution in [0.3, 0.4) is 0 Å². The zero-order chi connectivity index (χ0) is 44.7. The van der Waals surface area contributed by atoms with Gasteiger partial charge in [0.15, 0.2) is 0 Å². The van der Waals surface area contributed by atoms with Gasteiger partial charge in [-0.1, -0.05) is 290 Å². The normalized spacial score (nSPS) is 10.3. The van der Waals surface area contributed by atoms with E-state index in [0.717, 1.165) is 38.5 Å². The third-order valence-corrected chi connectivity index (χ3v) is 12.0. The van der Waals surface area contributed by atoms with Crippen LogP contribution in [0, 0.1) is 0 Å². The summed E-state index contributed by atoms with van der Waals surface area (Å²) >= 11 is 0. The summed E-state index contributed by atoms with van der Waals surface area (Å²) < 4.78 is 0. The number of aliphatic carboxylic acids is 3. The molecule has 0 radical (unpaired) electrons. The van der Waals surface area contributed by atoms with Crippen LogP contribution in [0.4, 0.5) is 0 Å². The summed E-state index contributed by atoms with van der Waals surface area (Å²) in [6, 6.07) is 0. The second-order valence-corrected chi connectivity index (χ2v) is 18.2. The van der Waals surface area contributed by atoms with E-state index in [4.69, 9.17) is 0 Å². The van der Waals surface area contributed by atoms with Crippen molar-refractivity contribution in [3.63, 3.8) is 0 Å². The molecule has 0 fully saturated rings. The SMILES string of the molecule is CCCCCCCCCCCCCCCCCC(=O)[O-].CCCCCCCCCCCCCCCCCC(=O)[O-].CCCCCCCCCCCCCCCCCC(=O)[O-].[Ca+2].[Ca+2].[Zn+2]. The van der Waals surface area contributed by atoms with Crippen molar-refractivity contribution in [2.75, 3.05) is 0 Å². The van der Waals surface area contributed by atoms with E-state index < -0.39 is 17.9 Å². The Morgan fingerprint density at radius 1 is 0.222 bits per heavy atom. The van der Waals surface area contributed by atoms with Crippen LogP contribution in [-0.2, 0) is 33.9 Å². The number of hydrogen-bond donors (Lipinski definition) is 0. The van der Waals surface area contributed by atoms with Gasteiger partial charge in [-0.15, -0.1) is 0 Å². The Balaban J connectivity index is -0.000000189. The molecule has 9 heteroatoms. The topological polar surface area (TPSA) is 120 Å². The molecule has 0 heterocycles. The van der Waals surface area contributed by atoms with E-state index in [0.29, 0.717) is 0 Å². The monoisotopic (exact) mass is 994 g/mol. The molecule has 0 aromatic carbocycles. The maximum atomic E-state index is 10.2. The van der Waals surface area contributed by atoms with Crippen molar-refractivity contribution in [3.8, 4) is 0 Å². The molecule has 0 aromatic heterocycles. The van der Waals surface area contributed by atoms with Crippen LogP contribution in [0.25, 0.3) is 0 Å². The zero-order valence-electron chi connectivity index (χ0n) is 43.0. The number of hydrogen-bond acceptors (Lipinski definition) is 6. The second-order valence-electron chi connectivity index (χ2n) is 18.2. The molecule has 360 valence electrons. The molecule has 0 aromatic rings. The summed E-state index contributed by atoms with van der Waals surface area (Å²) in [5, 5.41) is 30.7. The average molecular weight is 996 g/mol. The third-order valence-electron chi connectivity index (χ3n) is 12.0. The average Bonchev–Trinajstić information content (AvgIpc) is 3.22. The van der Waals surface area contributed by atoms with Crippen molar-refractivity contribution in [2.24, 2.45) is 0 Å². The van der Waals surface area contributed by atoms with Crippen LogP contribution in [0.1, 0.15) is 329 Å². The van der Waals surface area contributed by atoms with Crippen molar-refractivity contribution in [2.45, 2.75) is 329 Å². The van der Waals surface area contributed by atoms with Crippen molar-refractivity contribution in [1.29, 1.82) is 0 Å². The number of carbonyl (C=O) groups excluding carboxylic acids is 3. The van der Waals surface area contributed by atoms with Crippen LogP contribution >= 0.6 is 0 Å². The van der Waals surface area contributed by atoms with Crippen LogP contribution in [0.2, 0.25) is 0 Å². The van der Waals surface area contributed by atoms with Crippen molar-refractivity contribution in [1.82, 2.24) is 0 Å². The maximum Gasteiger partial charge on any atom is 2.00 e. The summed E-state index contributed by atoms with van der Waals surface area (Å²) in [6.45, 7) is 6.80. The van der Waals surface area contributed by atoms with E-state index in [1.165, 1.54) is 250 Å². The molecule has 0 spiro atoms. The molecule has 0 aliphatic carbocycles. The summed E-state index contributed by atoms with van der Waals surface area (Å²) in [5.74, 6) is -2.71. The van der Waals surface area contributed by atoms with Gasteiger partial charge in [0.1, 0.15) is 0 Å². The second kappa shape index (κ2) is 72.5. The minimum Gasteiger partial charge on any atom is -0.550 e. The standard InChI is InChI=1S/3C18H36O2.2Ca.Zn/c3*1-2-3-4-5-6-7-8-9-10-11-12-13-14-15-16-17-18(19)20;;;/h3*2-17H2,1H3,(H,19,20);;;/q;;;3*+2/p-3. The Labute approximate surface area is 466 Å². The maximum absolute atomic E-state index is 10.2. The molecule has 0 saturated heterocycles. The fourth-order valence-corrected chi connectivity index (χ4v) is 7.92. The zero-order valence-corrected chi connectivity index (χ0v) is 50.4. The van der Waals surface area contributed by atoms with Crippen molar-refractivity contribution < 1.29 is 49.2 Å². The third kappa shape index (κ3) is 87.2. The molecule has 0 saturated carbocycles. The number of carboxylic acid groups (broad SMARTS) is 3. The van der Waals surface area contributed by atoms with Crippen LogP contribution in [0.5, 0.6) is 0 Å². The molecule has 0 rings (SSSR count). The molecule has 0 aliphatic rings. The number of rotatable bonds is 48. The Hall–Kier alpha value is 1.55. The van der Waals surface area contributed by atoms with E-state index in [-0.39, 0.29) is 114 Å². The molecule has 0 N–H and O–H groups in total. The molecule has 0 aliphatic heterocycles. The Bertz CT molecular complexity index is 730. The molecule has 0 bridgehead atoms. The minimum atomic E-state index is -0.903. The molecule has 63 heavy (non-hydrogen) atoms. The van der Waals surface area contributed by atoms with Gasteiger partial charge in [0.05, 0.1) is 0 Å². The predicted octanol–water partition coefficient (Wildman–Crippen LogP) is 14.2. The van der Waals surface area contributed by atoms with Gasteiger partial charge in [0.2, 0.25) is 0 Å². The molecule has 6 nitrogen and oxygen atoms in total. The fourth-order valence-electron chi connectivity index (χ4n) is 7.92. The van der Waals surface area contributed by atoms with E-state index in [9.17, 15) is 29.7 Å². The van der Waals surface area contributed by atoms with Gasteiger partial charge in [-0.25, -0.2) is 0 Å². The minimum absolute atomic E-state index is 0. The van der Waals surface area contributed by atoms with Crippen LogP contribution in [0.15, 0.2) is 0 Å². The van der Waals surface area contributed by atoms with Crippen molar-refractivity contribution >= 4 is 93.4 Å². The van der Waals surface area contributed by atoms with Gasteiger partial charge in [-0.05, 0) is 38.5 Å². The number of carbonyl (C=O) groups is 3. The molecule has 0 atom stereocenters. The van der Waals surface area contributed by atoms with Gasteiger partial charge >= 0.3 is 95.0 Å². The summed E-state index contributed by atoms with van der Waals surface area (Å²) in [7, 11) is 0. The van der Waals surface area contributed by atoms with Gasteiger partial charge in [-0.3, -0.25) is 0 Å². The van der Waals surface area contributed by atoms with E-state index in [2.05, 4.69) is 20.8 Å². The quantitative estimate of drug-likeness (QED) is 0.0442. The number of unbranched alkanes of at least 4 members (excludes halogenated alkanes) is 42. The molecule has 0 amide bonds. The first-order valence-electron chi connectivity index (χ1n) is 26.9. The Kier molecular flexibility index (Phi) is 87.6. The predicted molar refractivity (Wildman–Crippen MR) is 265 cm³/mol. The fraction of sp³-hybridized carbons (Fsp3) is 0.944. The van der Waals surface area contributed by atoms with Crippen LogP contribution < -0.4 is 15.3 Å². The molecular weight excluding hydrogens is 890 g/mol. The van der Waals surface area contributed by atoms with Gasteiger partial charge in [0.25, 0.3) is 0 Å². The Morgan fingerprint density at radius 2 is 0.317 bits per heavy atom. The van der Waals surface area contributed by atoms with Gasteiger partial charge in [0, 0.05) is 17.9 Å². The van der Waals surface area contributed by atoms with E-state index >= 15 is 0 Å². The molecule has 0 unspecified atom stereocenters. The van der Waals surface area contributed by atoms with E-state index in [1.54, 1.807) is 0 Å². The first kappa shape index (κ1) is 76.0. The first-order valence-corrected chi connectivity index (χ1v) is 26.9. The number of carboxylic acids is 3. The summed E-state index contributed by atoms with van der Waals surface area (Å²) in [6.07, 6.45) is 59.6. The summed E-state index contributed by atoms with van der Waals surface area (Å²) in [5.41, 5.74) is 0. The first-order chi connectivity index (χ1) is 29.3. The smallest absolute Gasteiger partial charge is 0.550 e. The Morgan fingerprint density at radius 3 is 0.413 bits per heavy atom. The van der Waals surface area contributed by atoms with Gasteiger partial charge in [-0.2, -0.15) is 0 Å². The molecular formula is C54H105Ca2O6Zn+3. The van der Waals surface area contributed by atoms with E-state index in [1.807, 2.05) is 0 Å². The van der Waals surface area contributed by atoms with Crippen LogP contribution in [-0.4, -0.2) is 93.4 Å². The van der Waals surface area contributed by atoms with Crippen molar-refractivity contribution in [3.05, 3.63) is 0 Å². The summed E-state index contributed by atoms with van der Waals surface area (Å²) in [4.78, 5) is 30.7. The largest absolute Gasteiger partial charge is 2.00 e. The van der Waals surface area contributed by atoms with Gasteiger partial charge < -0.3 is 29.7 Å².